The highest BCUT2D eigenvalue weighted by atomic mass is 35.5. The second-order valence-corrected chi connectivity index (χ2v) is 8.25. The lowest BCUT2D eigenvalue weighted by atomic mass is 9.90. The van der Waals surface area contributed by atoms with Gasteiger partial charge in [-0.05, 0) is 32.9 Å². The third-order valence-corrected chi connectivity index (χ3v) is 6.04. The first-order valence-electron chi connectivity index (χ1n) is 10.8. The largest absolute Gasteiger partial charge is 0.493 e. The maximum absolute atomic E-state index is 15.2. The van der Waals surface area contributed by atoms with Gasteiger partial charge in [-0.3, -0.25) is 0 Å². The lowest BCUT2D eigenvalue weighted by Crippen LogP contribution is -2.12. The molecular formula is C22H26ClF2N5O. The summed E-state index contributed by atoms with van der Waals surface area (Å²) in [7, 11) is 1.84. The van der Waals surface area contributed by atoms with Crippen LogP contribution in [0.2, 0.25) is 5.15 Å². The van der Waals surface area contributed by atoms with Crippen molar-refractivity contribution in [3.63, 3.8) is 0 Å². The van der Waals surface area contributed by atoms with Crippen LogP contribution in [-0.4, -0.2) is 39.8 Å². The first-order chi connectivity index (χ1) is 15.1. The molecule has 0 saturated heterocycles. The fraction of sp³-hybridized carbons (Fsp3) is 0.500. The summed E-state index contributed by atoms with van der Waals surface area (Å²) in [6.45, 7) is 1.12. The molecule has 0 aliphatic heterocycles. The van der Waals surface area contributed by atoms with Gasteiger partial charge in [0.2, 0.25) is 0 Å². The van der Waals surface area contributed by atoms with E-state index in [0.717, 1.165) is 51.5 Å². The van der Waals surface area contributed by atoms with E-state index in [-0.39, 0.29) is 27.9 Å². The zero-order valence-electron chi connectivity index (χ0n) is 17.5. The van der Waals surface area contributed by atoms with E-state index in [9.17, 15) is 0 Å². The van der Waals surface area contributed by atoms with Crippen LogP contribution < -0.4 is 10.1 Å². The first-order valence-corrected chi connectivity index (χ1v) is 11.1. The number of benzene rings is 1. The van der Waals surface area contributed by atoms with E-state index in [2.05, 4.69) is 20.4 Å². The lowest BCUT2D eigenvalue weighted by molar-refractivity contribution is 0.306. The number of hydrogen-bond acceptors (Lipinski definition) is 5. The van der Waals surface area contributed by atoms with Gasteiger partial charge in [-0.15, -0.1) is 0 Å². The highest BCUT2D eigenvalue weighted by molar-refractivity contribution is 6.32. The van der Waals surface area contributed by atoms with E-state index in [1.807, 2.05) is 7.05 Å². The summed E-state index contributed by atoms with van der Waals surface area (Å²) in [5.41, 5.74) is 0.731. The standard InChI is InChI=1S/C22H26ClF2N5O/c1-26-9-6-10-31-15-11-16(24)18(17(25)12-15)19-20(14-7-4-2-3-5-8-14)30-22(27-13-28-30)29-21(19)23/h11-14,26H,2-10H2,1H3. The number of rotatable bonds is 7. The molecule has 0 atom stereocenters. The molecular weight excluding hydrogens is 424 g/mol. The molecule has 166 valence electrons. The first kappa shape index (κ1) is 21.9. The number of hydrogen-bond donors (Lipinski definition) is 1. The minimum Gasteiger partial charge on any atom is -0.493 e. The van der Waals surface area contributed by atoms with Crippen molar-refractivity contribution in [2.45, 2.75) is 50.9 Å². The molecule has 3 aromatic rings. The lowest BCUT2D eigenvalue weighted by Gasteiger charge is -2.21. The maximum Gasteiger partial charge on any atom is 0.253 e. The van der Waals surface area contributed by atoms with Gasteiger partial charge in [0.25, 0.3) is 5.78 Å². The van der Waals surface area contributed by atoms with Crippen molar-refractivity contribution in [3.05, 3.63) is 40.9 Å². The smallest absolute Gasteiger partial charge is 0.253 e. The predicted octanol–water partition coefficient (Wildman–Crippen LogP) is 5.15. The number of nitrogens with zero attached hydrogens (tertiary/aromatic N) is 4. The molecule has 0 amide bonds. The molecule has 6 nitrogen and oxygen atoms in total. The molecule has 2 heterocycles. The van der Waals surface area contributed by atoms with Gasteiger partial charge >= 0.3 is 0 Å². The molecule has 0 unspecified atom stereocenters. The number of ether oxygens (including phenoxy) is 1. The van der Waals surface area contributed by atoms with Gasteiger partial charge < -0.3 is 10.1 Å². The van der Waals surface area contributed by atoms with Crippen molar-refractivity contribution in [1.82, 2.24) is 24.9 Å². The molecule has 0 spiro atoms. The highest BCUT2D eigenvalue weighted by Gasteiger charge is 2.29. The van der Waals surface area contributed by atoms with Crippen molar-refractivity contribution < 1.29 is 13.5 Å². The molecule has 1 aliphatic rings. The Morgan fingerprint density at radius 2 is 1.84 bits per heavy atom. The molecule has 2 aromatic heterocycles. The summed E-state index contributed by atoms with van der Waals surface area (Å²) in [6, 6.07) is 2.41. The molecule has 1 saturated carbocycles. The summed E-state index contributed by atoms with van der Waals surface area (Å²) < 4.78 is 37.6. The third-order valence-electron chi connectivity index (χ3n) is 5.77. The van der Waals surface area contributed by atoms with Crippen molar-refractivity contribution in [2.24, 2.45) is 0 Å². The minimum absolute atomic E-state index is 0.0280. The highest BCUT2D eigenvalue weighted by Crippen LogP contribution is 2.42. The summed E-state index contributed by atoms with van der Waals surface area (Å²) in [5.74, 6) is -0.920. The van der Waals surface area contributed by atoms with Crippen LogP contribution in [0.15, 0.2) is 18.5 Å². The Labute approximate surface area is 185 Å². The Kier molecular flexibility index (Phi) is 6.97. The normalized spacial score (nSPS) is 15.4. The van der Waals surface area contributed by atoms with E-state index in [1.165, 1.54) is 18.5 Å². The van der Waals surface area contributed by atoms with Crippen molar-refractivity contribution in [1.29, 1.82) is 0 Å². The van der Waals surface area contributed by atoms with Crippen molar-refractivity contribution in [2.75, 3.05) is 20.2 Å². The molecule has 1 N–H and O–H groups in total. The quantitative estimate of drug-likeness (QED) is 0.307. The Bertz CT molecular complexity index is 1030. The van der Waals surface area contributed by atoms with Crippen LogP contribution in [0.3, 0.4) is 0 Å². The van der Waals surface area contributed by atoms with Gasteiger partial charge in [0.05, 0.1) is 17.9 Å². The predicted molar refractivity (Wildman–Crippen MR) is 116 cm³/mol. The zero-order valence-corrected chi connectivity index (χ0v) is 18.3. The number of nitrogens with one attached hydrogen (secondary N) is 1. The van der Waals surface area contributed by atoms with Crippen molar-refractivity contribution in [3.8, 4) is 16.9 Å². The molecule has 31 heavy (non-hydrogen) atoms. The number of aromatic nitrogens is 4. The molecule has 0 bridgehead atoms. The SMILES string of the molecule is CNCCCOc1cc(F)c(-c2c(Cl)nc3ncnn3c2C2CCCCCC2)c(F)c1. The van der Waals surface area contributed by atoms with Crippen LogP contribution in [0.1, 0.15) is 56.6 Å². The van der Waals surface area contributed by atoms with E-state index in [4.69, 9.17) is 16.3 Å². The molecule has 1 aliphatic carbocycles. The summed E-state index contributed by atoms with van der Waals surface area (Å²) in [4.78, 5) is 8.39. The van der Waals surface area contributed by atoms with Crippen LogP contribution in [-0.2, 0) is 0 Å². The molecule has 1 fully saturated rings. The molecule has 4 rings (SSSR count). The monoisotopic (exact) mass is 449 g/mol. The van der Waals surface area contributed by atoms with Gasteiger partial charge in [-0.1, -0.05) is 37.3 Å². The molecule has 9 heteroatoms. The van der Waals surface area contributed by atoms with E-state index in [1.54, 1.807) is 4.52 Å². The van der Waals surface area contributed by atoms with Crippen LogP contribution in [0.4, 0.5) is 8.78 Å². The topological polar surface area (TPSA) is 64.3 Å². The average Bonchev–Trinajstić information content (AvgIpc) is 3.03. The average molecular weight is 450 g/mol. The van der Waals surface area contributed by atoms with E-state index in [0.29, 0.717) is 18.1 Å². The van der Waals surface area contributed by atoms with E-state index < -0.39 is 11.6 Å². The van der Waals surface area contributed by atoms with Crippen LogP contribution in [0, 0.1) is 11.6 Å². The Hall–Kier alpha value is -2.32. The Balaban J connectivity index is 1.80. The summed E-state index contributed by atoms with van der Waals surface area (Å²) >= 11 is 6.50. The molecule has 0 radical (unpaired) electrons. The Morgan fingerprint density at radius 1 is 1.13 bits per heavy atom. The third kappa shape index (κ3) is 4.65. The maximum atomic E-state index is 15.2. The summed E-state index contributed by atoms with van der Waals surface area (Å²) in [6.07, 6.45) is 8.30. The van der Waals surface area contributed by atoms with Gasteiger partial charge in [0.15, 0.2) is 0 Å². The Morgan fingerprint density at radius 3 is 2.52 bits per heavy atom. The van der Waals surface area contributed by atoms with Crippen LogP contribution in [0.5, 0.6) is 5.75 Å². The zero-order chi connectivity index (χ0) is 21.8. The fourth-order valence-electron chi connectivity index (χ4n) is 4.31. The van der Waals surface area contributed by atoms with E-state index >= 15 is 8.78 Å². The second kappa shape index (κ2) is 9.87. The second-order valence-electron chi connectivity index (χ2n) is 7.89. The number of fused-ring (bicyclic) bond motifs is 1. The van der Waals surface area contributed by atoms with Crippen LogP contribution >= 0.6 is 11.6 Å². The van der Waals surface area contributed by atoms with Gasteiger partial charge in [-0.2, -0.15) is 15.1 Å². The van der Waals surface area contributed by atoms with Crippen LogP contribution in [0.25, 0.3) is 16.9 Å². The van der Waals surface area contributed by atoms with Gasteiger partial charge in [0.1, 0.15) is 28.9 Å². The molecule has 1 aromatic carbocycles. The summed E-state index contributed by atoms with van der Waals surface area (Å²) in [5, 5.41) is 7.33. The van der Waals surface area contributed by atoms with Gasteiger partial charge in [-0.25, -0.2) is 13.3 Å². The van der Waals surface area contributed by atoms with Crippen molar-refractivity contribution >= 4 is 17.4 Å². The fourth-order valence-corrected chi connectivity index (χ4v) is 4.58. The number of halogens is 3. The van der Waals surface area contributed by atoms with Gasteiger partial charge in [0, 0.05) is 23.6 Å². The minimum atomic E-state index is -0.735.